The molecule has 0 aliphatic carbocycles. The number of thioether (sulfide) groups is 1. The van der Waals surface area contributed by atoms with E-state index in [1.54, 1.807) is 0 Å². The summed E-state index contributed by atoms with van der Waals surface area (Å²) in [5.74, 6) is 0.104. The number of carbonyl (C=O) groups is 2. The van der Waals surface area contributed by atoms with Crippen molar-refractivity contribution in [2.24, 2.45) is 5.92 Å². The summed E-state index contributed by atoms with van der Waals surface area (Å²) in [5.41, 5.74) is 0. The molecule has 8 nitrogen and oxygen atoms in total. The van der Waals surface area contributed by atoms with Gasteiger partial charge in [-0.1, -0.05) is 23.1 Å². The molecule has 22 heavy (non-hydrogen) atoms. The van der Waals surface area contributed by atoms with Crippen LogP contribution < -0.4 is 5.32 Å². The Kier molecular flexibility index (Phi) is 3.13. The first-order valence-corrected chi connectivity index (χ1v) is 8.39. The maximum atomic E-state index is 12.2. The topological polar surface area (TPSA) is 105 Å². The summed E-state index contributed by atoms with van der Waals surface area (Å²) in [6.45, 7) is 2.58. The lowest BCUT2D eigenvalue weighted by atomic mass is 9.82. The van der Waals surface area contributed by atoms with Gasteiger partial charge in [0.15, 0.2) is 4.34 Å². The molecule has 0 radical (unpaired) electrons. The molecule has 2 saturated heterocycles. The Balaban J connectivity index is 1.72. The van der Waals surface area contributed by atoms with Crippen molar-refractivity contribution in [2.45, 2.75) is 29.8 Å². The van der Waals surface area contributed by atoms with Crippen molar-refractivity contribution in [1.82, 2.24) is 20.4 Å². The molecule has 1 aromatic rings. The zero-order valence-corrected chi connectivity index (χ0v) is 13.1. The number of hydrogen-bond acceptors (Lipinski definition) is 8. The molecular formula is C12H12N4O4S2. The Morgan fingerprint density at radius 1 is 1.55 bits per heavy atom. The largest absolute Gasteiger partial charge is 0.512 e. The van der Waals surface area contributed by atoms with E-state index in [2.05, 4.69) is 15.5 Å². The number of nitrogens with zero attached hydrogens (tertiary/aromatic N) is 3. The molecule has 116 valence electrons. The zero-order valence-electron chi connectivity index (χ0n) is 11.5. The lowest BCUT2D eigenvalue weighted by molar-refractivity contribution is -0.152. The quantitative estimate of drug-likeness (QED) is 0.620. The minimum Gasteiger partial charge on any atom is -0.449 e. The van der Waals surface area contributed by atoms with Crippen molar-refractivity contribution in [1.29, 1.82) is 0 Å². The predicted octanol–water partition coefficient (Wildman–Crippen LogP) is 1.00. The number of rotatable bonds is 3. The van der Waals surface area contributed by atoms with Gasteiger partial charge in [0, 0.05) is 5.92 Å². The molecule has 3 atom stereocenters. The van der Waals surface area contributed by atoms with E-state index in [-0.39, 0.29) is 29.8 Å². The average Bonchev–Trinajstić information content (AvgIpc) is 3.00. The number of carboxylic acid groups (broad SMARTS) is 1. The zero-order chi connectivity index (χ0) is 15.4. The van der Waals surface area contributed by atoms with Gasteiger partial charge in [0.1, 0.15) is 11.0 Å². The maximum Gasteiger partial charge on any atom is 0.512 e. The molecule has 4 heterocycles. The van der Waals surface area contributed by atoms with Crippen molar-refractivity contribution < 1.29 is 19.4 Å². The van der Waals surface area contributed by atoms with Gasteiger partial charge in [-0.2, -0.15) is 0 Å². The van der Waals surface area contributed by atoms with Gasteiger partial charge in [-0.25, -0.2) is 4.79 Å². The van der Waals surface area contributed by atoms with Crippen molar-refractivity contribution in [2.75, 3.05) is 6.54 Å². The first-order chi connectivity index (χ1) is 10.6. The van der Waals surface area contributed by atoms with E-state index in [4.69, 9.17) is 9.84 Å². The van der Waals surface area contributed by atoms with Crippen LogP contribution in [0.25, 0.3) is 0 Å². The van der Waals surface area contributed by atoms with E-state index >= 15 is 0 Å². The van der Waals surface area contributed by atoms with Crippen LogP contribution in [0.5, 0.6) is 0 Å². The van der Waals surface area contributed by atoms with Gasteiger partial charge in [-0.15, -0.1) is 10.2 Å². The van der Waals surface area contributed by atoms with Gasteiger partial charge in [0.25, 0.3) is 0 Å². The molecule has 0 spiro atoms. The van der Waals surface area contributed by atoms with Crippen molar-refractivity contribution in [3.8, 4) is 0 Å². The fourth-order valence-corrected chi connectivity index (χ4v) is 5.33. The number of carbonyl (C=O) groups excluding carboxylic acids is 1. The van der Waals surface area contributed by atoms with Gasteiger partial charge >= 0.3 is 6.16 Å². The van der Waals surface area contributed by atoms with Crippen LogP contribution in [0.3, 0.4) is 0 Å². The average molecular weight is 340 g/mol. The minimum absolute atomic E-state index is 0.0490. The second-order valence-electron chi connectivity index (χ2n) is 5.25. The molecule has 3 aliphatic rings. The van der Waals surface area contributed by atoms with Gasteiger partial charge in [-0.05, 0) is 19.9 Å². The van der Waals surface area contributed by atoms with Crippen LogP contribution in [0, 0.1) is 12.8 Å². The molecule has 2 N–H and O–H groups in total. The fourth-order valence-electron chi connectivity index (χ4n) is 3.21. The smallest absolute Gasteiger partial charge is 0.449 e. The molecule has 0 bridgehead atoms. The highest BCUT2D eigenvalue weighted by atomic mass is 32.2. The summed E-state index contributed by atoms with van der Waals surface area (Å²) in [6.07, 6.45) is -0.582. The molecule has 1 unspecified atom stereocenters. The summed E-state index contributed by atoms with van der Waals surface area (Å²) in [5, 5.41) is 21.0. The third-order valence-electron chi connectivity index (χ3n) is 4.03. The van der Waals surface area contributed by atoms with Gasteiger partial charge in [0.2, 0.25) is 11.8 Å². The number of aryl methyl sites for hydroxylation is 1. The third-order valence-corrected chi connectivity index (χ3v) is 6.12. The molecular weight excluding hydrogens is 328 g/mol. The number of amides is 1. The van der Waals surface area contributed by atoms with E-state index in [9.17, 15) is 9.59 Å². The van der Waals surface area contributed by atoms with Crippen LogP contribution in [0.2, 0.25) is 0 Å². The van der Waals surface area contributed by atoms with Crippen molar-refractivity contribution in [3.05, 3.63) is 15.8 Å². The van der Waals surface area contributed by atoms with Crippen molar-refractivity contribution in [3.63, 3.8) is 0 Å². The number of ether oxygens (including phenoxy) is 1. The van der Waals surface area contributed by atoms with Gasteiger partial charge in [-0.3, -0.25) is 9.69 Å². The first-order valence-electron chi connectivity index (χ1n) is 6.75. The monoisotopic (exact) mass is 340 g/mol. The second-order valence-corrected chi connectivity index (χ2v) is 7.72. The standard InChI is InChI=1S/C12H12N4O4S2/c1-4-14-15-11(21-4)22-8-5-2-3-13-6-7(5)16(9(6)17)10(8)20-12(18)19/h5-7,13H,2-3H2,1H3,(H,18,19)/t5?,6-,7+/m0/s1. The van der Waals surface area contributed by atoms with E-state index in [0.29, 0.717) is 0 Å². The molecule has 0 saturated carbocycles. The Morgan fingerprint density at radius 3 is 3.05 bits per heavy atom. The normalized spacial score (nSPS) is 29.4. The predicted molar refractivity (Wildman–Crippen MR) is 77.2 cm³/mol. The van der Waals surface area contributed by atoms with E-state index in [1.165, 1.54) is 28.0 Å². The fraction of sp³-hybridized carbons (Fsp3) is 0.500. The van der Waals surface area contributed by atoms with E-state index in [0.717, 1.165) is 27.2 Å². The minimum atomic E-state index is -1.41. The molecule has 10 heteroatoms. The SMILES string of the molecule is Cc1nnc(SC2=C(OC(=O)O)N3C(=O)[C@H]4NCCC2[C@H]43)s1. The summed E-state index contributed by atoms with van der Waals surface area (Å²) in [7, 11) is 0. The Bertz CT molecular complexity index is 703. The summed E-state index contributed by atoms with van der Waals surface area (Å²) >= 11 is 2.79. The first kappa shape index (κ1) is 14.0. The maximum absolute atomic E-state index is 12.2. The van der Waals surface area contributed by atoms with Crippen molar-refractivity contribution >= 4 is 35.2 Å². The Labute approximate surface area is 133 Å². The number of aromatic nitrogens is 2. The van der Waals surface area contributed by atoms with Crippen LogP contribution in [-0.4, -0.2) is 50.9 Å². The van der Waals surface area contributed by atoms with Crippen LogP contribution in [0.1, 0.15) is 11.4 Å². The van der Waals surface area contributed by atoms with Gasteiger partial charge < -0.3 is 15.2 Å². The highest BCUT2D eigenvalue weighted by Crippen LogP contribution is 2.52. The number of piperidine rings is 1. The summed E-state index contributed by atoms with van der Waals surface area (Å²) in [6, 6.07) is -0.285. The lowest BCUT2D eigenvalue weighted by Gasteiger charge is -2.48. The van der Waals surface area contributed by atoms with E-state index in [1.807, 2.05) is 6.92 Å². The highest BCUT2D eigenvalue weighted by molar-refractivity contribution is 8.04. The van der Waals surface area contributed by atoms with Gasteiger partial charge in [0.05, 0.1) is 10.9 Å². The number of nitrogens with one attached hydrogen (secondary N) is 1. The second kappa shape index (κ2) is 4.93. The van der Waals surface area contributed by atoms with Crippen LogP contribution in [0.4, 0.5) is 4.79 Å². The molecule has 4 rings (SSSR count). The molecule has 2 fully saturated rings. The molecule has 1 amide bonds. The summed E-state index contributed by atoms with van der Waals surface area (Å²) < 4.78 is 5.65. The van der Waals surface area contributed by atoms with Crippen LogP contribution in [0.15, 0.2) is 15.1 Å². The highest BCUT2D eigenvalue weighted by Gasteiger charge is 2.61. The lowest BCUT2D eigenvalue weighted by Crippen LogP contribution is -2.71. The third kappa shape index (κ3) is 1.94. The summed E-state index contributed by atoms with van der Waals surface area (Å²) in [4.78, 5) is 25.4. The van der Waals surface area contributed by atoms with Crippen LogP contribution >= 0.6 is 23.1 Å². The van der Waals surface area contributed by atoms with Crippen LogP contribution in [-0.2, 0) is 9.53 Å². The molecule has 3 aliphatic heterocycles. The number of hydrogen-bond donors (Lipinski definition) is 2. The van der Waals surface area contributed by atoms with E-state index < -0.39 is 6.16 Å². The molecule has 0 aromatic carbocycles. The Morgan fingerprint density at radius 2 is 2.36 bits per heavy atom. The molecule has 1 aromatic heterocycles. The number of β-lactam (4-membered cyclic amide) rings is 1. The Hall–Kier alpha value is -1.65.